The maximum atomic E-state index is 12.8. The summed E-state index contributed by atoms with van der Waals surface area (Å²) in [5.41, 5.74) is -0.722. The number of fused-ring (bicyclic) bond motifs is 1. The van der Waals surface area contributed by atoms with Crippen molar-refractivity contribution < 1.29 is 9.18 Å². The van der Waals surface area contributed by atoms with Crippen LogP contribution in [0.3, 0.4) is 0 Å². The molecule has 2 aliphatic heterocycles. The fraction of sp³-hybridized carbons (Fsp3) is 0.889. The molecule has 0 aliphatic carbocycles. The maximum absolute atomic E-state index is 12.8. The molecule has 0 bridgehead atoms. The van der Waals surface area contributed by atoms with E-state index in [4.69, 9.17) is 0 Å². The summed E-state index contributed by atoms with van der Waals surface area (Å²) in [6.07, 6.45) is 1.63. The molecule has 0 saturated carbocycles. The molecule has 74 valence electrons. The molecule has 0 aromatic heterocycles. The normalized spacial score (nSPS) is 34.3. The van der Waals surface area contributed by atoms with Crippen molar-refractivity contribution in [2.24, 2.45) is 5.41 Å². The molecule has 0 unspecified atom stereocenters. The van der Waals surface area contributed by atoms with Gasteiger partial charge in [-0.1, -0.05) is 6.92 Å². The molecular weight excluding hydrogens is 171 g/mol. The summed E-state index contributed by atoms with van der Waals surface area (Å²) in [5, 5.41) is 3.72. The molecule has 0 aromatic carbocycles. The Kier molecular flexibility index (Phi) is 2.02. The Bertz CT molecular complexity index is 228. The highest BCUT2D eigenvalue weighted by atomic mass is 19.1. The first-order valence-electron chi connectivity index (χ1n) is 4.86. The summed E-state index contributed by atoms with van der Waals surface area (Å²) in [6, 6.07) is 0. The van der Waals surface area contributed by atoms with E-state index < -0.39 is 12.1 Å². The van der Waals surface area contributed by atoms with E-state index in [0.29, 0.717) is 13.0 Å². The molecule has 13 heavy (non-hydrogen) atoms. The summed E-state index contributed by atoms with van der Waals surface area (Å²) < 4.78 is 12.8. The summed E-state index contributed by atoms with van der Waals surface area (Å²) in [5.74, 6) is -0.00463. The van der Waals surface area contributed by atoms with Crippen LogP contribution in [0.4, 0.5) is 4.39 Å². The minimum atomic E-state index is -0.722. The topological polar surface area (TPSA) is 23.6 Å². The van der Waals surface area contributed by atoms with Gasteiger partial charge in [0, 0.05) is 19.6 Å². The standard InChI is InChI=1S/C9H15FN2O/c1-2-9(6-10)7-11-4-3-5-12(11)8(9)13/h2-7H2,1H3/t9-/m0/s1. The van der Waals surface area contributed by atoms with E-state index in [2.05, 4.69) is 0 Å². The molecule has 0 N–H and O–H groups in total. The molecule has 2 heterocycles. The van der Waals surface area contributed by atoms with Crippen LogP contribution in [0.1, 0.15) is 19.8 Å². The maximum Gasteiger partial charge on any atom is 0.247 e. The predicted octanol–water partition coefficient (Wildman–Crippen LogP) is 0.815. The van der Waals surface area contributed by atoms with E-state index in [0.717, 1.165) is 19.5 Å². The number of carbonyl (C=O) groups excluding carboxylic acids is 1. The molecule has 0 spiro atoms. The molecule has 1 atom stereocenters. The van der Waals surface area contributed by atoms with Crippen molar-refractivity contribution in [2.75, 3.05) is 26.3 Å². The van der Waals surface area contributed by atoms with Crippen LogP contribution in [0, 0.1) is 5.41 Å². The highest BCUT2D eigenvalue weighted by Crippen LogP contribution is 2.36. The third kappa shape index (κ3) is 1.08. The number of carbonyl (C=O) groups is 1. The lowest BCUT2D eigenvalue weighted by Crippen LogP contribution is -2.36. The zero-order chi connectivity index (χ0) is 9.47. The number of hydrogen-bond acceptors (Lipinski definition) is 2. The Morgan fingerprint density at radius 1 is 1.54 bits per heavy atom. The van der Waals surface area contributed by atoms with Gasteiger partial charge in [0.15, 0.2) is 0 Å². The molecule has 0 aromatic rings. The lowest BCUT2D eigenvalue weighted by atomic mass is 9.86. The second-order valence-corrected chi connectivity index (χ2v) is 3.94. The highest BCUT2D eigenvalue weighted by molar-refractivity contribution is 5.84. The van der Waals surface area contributed by atoms with E-state index in [1.54, 1.807) is 5.01 Å². The van der Waals surface area contributed by atoms with Crippen LogP contribution >= 0.6 is 0 Å². The van der Waals surface area contributed by atoms with Gasteiger partial charge in [-0.2, -0.15) is 0 Å². The van der Waals surface area contributed by atoms with Gasteiger partial charge >= 0.3 is 0 Å². The zero-order valence-corrected chi connectivity index (χ0v) is 7.92. The van der Waals surface area contributed by atoms with E-state index in [1.165, 1.54) is 0 Å². The number of amides is 1. The van der Waals surface area contributed by atoms with Crippen LogP contribution in [0.5, 0.6) is 0 Å². The first kappa shape index (κ1) is 8.94. The van der Waals surface area contributed by atoms with Crippen molar-refractivity contribution in [2.45, 2.75) is 19.8 Å². The molecule has 3 nitrogen and oxygen atoms in total. The number of alkyl halides is 1. The van der Waals surface area contributed by atoms with E-state index in [9.17, 15) is 9.18 Å². The number of hydrazine groups is 1. The van der Waals surface area contributed by atoms with Gasteiger partial charge < -0.3 is 0 Å². The number of rotatable bonds is 2. The second kappa shape index (κ2) is 2.94. The van der Waals surface area contributed by atoms with Crippen LogP contribution in [-0.4, -0.2) is 42.2 Å². The summed E-state index contributed by atoms with van der Waals surface area (Å²) in [6.45, 7) is 3.64. The molecule has 2 fully saturated rings. The Labute approximate surface area is 77.5 Å². The third-order valence-corrected chi connectivity index (χ3v) is 3.23. The third-order valence-electron chi connectivity index (χ3n) is 3.23. The van der Waals surface area contributed by atoms with Gasteiger partial charge in [0.25, 0.3) is 0 Å². The average molecular weight is 186 g/mol. The number of nitrogens with zero attached hydrogens (tertiary/aromatic N) is 2. The lowest BCUT2D eigenvalue weighted by molar-refractivity contribution is -0.140. The monoisotopic (exact) mass is 186 g/mol. The Morgan fingerprint density at radius 2 is 2.31 bits per heavy atom. The van der Waals surface area contributed by atoms with Gasteiger partial charge in [-0.25, -0.2) is 9.40 Å². The number of hydrogen-bond donors (Lipinski definition) is 0. The van der Waals surface area contributed by atoms with Crippen LogP contribution in [0.25, 0.3) is 0 Å². The fourth-order valence-electron chi connectivity index (χ4n) is 2.21. The Morgan fingerprint density at radius 3 is 2.85 bits per heavy atom. The van der Waals surface area contributed by atoms with Gasteiger partial charge in [-0.3, -0.25) is 9.80 Å². The fourth-order valence-corrected chi connectivity index (χ4v) is 2.21. The van der Waals surface area contributed by atoms with Gasteiger partial charge in [0.2, 0.25) is 5.91 Å². The molecule has 0 radical (unpaired) electrons. The van der Waals surface area contributed by atoms with Crippen LogP contribution in [-0.2, 0) is 4.79 Å². The van der Waals surface area contributed by atoms with Crippen molar-refractivity contribution in [3.63, 3.8) is 0 Å². The van der Waals surface area contributed by atoms with Crippen molar-refractivity contribution in [3.8, 4) is 0 Å². The van der Waals surface area contributed by atoms with Crippen LogP contribution in [0.15, 0.2) is 0 Å². The minimum Gasteiger partial charge on any atom is -0.275 e. The van der Waals surface area contributed by atoms with Gasteiger partial charge in [0.05, 0.1) is 5.41 Å². The largest absolute Gasteiger partial charge is 0.275 e. The Balaban J connectivity index is 2.22. The summed E-state index contributed by atoms with van der Waals surface area (Å²) >= 11 is 0. The highest BCUT2D eigenvalue weighted by Gasteiger charge is 2.51. The van der Waals surface area contributed by atoms with Crippen molar-refractivity contribution in [1.29, 1.82) is 0 Å². The average Bonchev–Trinajstić information content (AvgIpc) is 2.68. The van der Waals surface area contributed by atoms with E-state index in [1.807, 2.05) is 11.9 Å². The van der Waals surface area contributed by atoms with Crippen molar-refractivity contribution >= 4 is 5.91 Å². The minimum absolute atomic E-state index is 0.00463. The van der Waals surface area contributed by atoms with Gasteiger partial charge in [-0.15, -0.1) is 0 Å². The molecule has 2 aliphatic rings. The van der Waals surface area contributed by atoms with Crippen molar-refractivity contribution in [1.82, 2.24) is 10.0 Å². The second-order valence-electron chi connectivity index (χ2n) is 3.94. The summed E-state index contributed by atoms with van der Waals surface area (Å²) in [7, 11) is 0. The molecule has 1 amide bonds. The van der Waals surface area contributed by atoms with Crippen molar-refractivity contribution in [3.05, 3.63) is 0 Å². The lowest BCUT2D eigenvalue weighted by Gasteiger charge is -2.20. The summed E-state index contributed by atoms with van der Waals surface area (Å²) in [4.78, 5) is 11.8. The molecular formula is C9H15FN2O. The number of halogens is 1. The molecule has 2 rings (SSSR count). The van der Waals surface area contributed by atoms with Crippen LogP contribution < -0.4 is 0 Å². The van der Waals surface area contributed by atoms with Crippen LogP contribution in [0.2, 0.25) is 0 Å². The van der Waals surface area contributed by atoms with E-state index in [-0.39, 0.29) is 5.91 Å². The van der Waals surface area contributed by atoms with Gasteiger partial charge in [-0.05, 0) is 12.8 Å². The van der Waals surface area contributed by atoms with E-state index >= 15 is 0 Å². The predicted molar refractivity (Wildman–Crippen MR) is 46.6 cm³/mol. The first-order chi connectivity index (χ1) is 6.23. The smallest absolute Gasteiger partial charge is 0.247 e. The zero-order valence-electron chi connectivity index (χ0n) is 7.92. The first-order valence-corrected chi connectivity index (χ1v) is 4.86. The van der Waals surface area contributed by atoms with Gasteiger partial charge in [0.1, 0.15) is 6.67 Å². The Hall–Kier alpha value is -0.640. The SMILES string of the molecule is CC[C@]1(CF)CN2CCCN2C1=O. The molecule has 2 saturated heterocycles. The quantitative estimate of drug-likeness (QED) is 0.637. The molecule has 4 heteroatoms.